The Labute approximate surface area is 191 Å². The lowest BCUT2D eigenvalue weighted by molar-refractivity contribution is -0.118. The zero-order chi connectivity index (χ0) is 22.1. The molecule has 2 fully saturated rings. The molecule has 1 aromatic heterocycles. The van der Waals surface area contributed by atoms with E-state index >= 15 is 0 Å². The summed E-state index contributed by atoms with van der Waals surface area (Å²) in [7, 11) is 0. The van der Waals surface area contributed by atoms with Crippen molar-refractivity contribution in [2.24, 2.45) is 5.92 Å². The van der Waals surface area contributed by atoms with Crippen LogP contribution in [0, 0.1) is 11.7 Å². The van der Waals surface area contributed by atoms with Gasteiger partial charge in [0.15, 0.2) is 0 Å². The zero-order valence-corrected chi connectivity index (χ0v) is 18.9. The van der Waals surface area contributed by atoms with Gasteiger partial charge in [0.2, 0.25) is 0 Å². The minimum Gasteiger partial charge on any atom is -0.492 e. The van der Waals surface area contributed by atoms with Gasteiger partial charge in [-0.2, -0.15) is 0 Å². The fourth-order valence-corrected chi connectivity index (χ4v) is 6.08. The van der Waals surface area contributed by atoms with Crippen molar-refractivity contribution in [2.75, 3.05) is 13.2 Å². The summed E-state index contributed by atoms with van der Waals surface area (Å²) in [5, 5.41) is 0.489. The van der Waals surface area contributed by atoms with Gasteiger partial charge < -0.3 is 14.3 Å². The lowest BCUT2D eigenvalue weighted by Crippen LogP contribution is -2.45. The molecule has 0 spiro atoms. The largest absolute Gasteiger partial charge is 0.492 e. The van der Waals surface area contributed by atoms with Crippen LogP contribution >= 0.6 is 11.3 Å². The highest BCUT2D eigenvalue weighted by Crippen LogP contribution is 2.39. The number of carbonyl (C=O) groups is 1. The standard InChI is InChI=1S/C25H27FN2O3S/c1-16(29)12-17-13-19-3-4-20(14-17)28(19)10-11-30-21-5-7-22(8-6-21)31-25-27-23-9-2-18(26)15-24(23)32-25/h2,5-9,15,17,19-20H,3-4,10-14H2,1H3/t17?,19-,20+. The van der Waals surface area contributed by atoms with E-state index in [2.05, 4.69) is 9.88 Å². The van der Waals surface area contributed by atoms with Crippen molar-refractivity contribution in [1.29, 1.82) is 0 Å². The molecule has 32 heavy (non-hydrogen) atoms. The van der Waals surface area contributed by atoms with Crippen molar-refractivity contribution >= 4 is 27.3 Å². The molecule has 2 aromatic carbocycles. The normalized spacial score (nSPS) is 22.9. The van der Waals surface area contributed by atoms with Crippen LogP contribution in [0.2, 0.25) is 0 Å². The first-order chi connectivity index (χ1) is 15.5. The second kappa shape index (κ2) is 9.16. The number of piperidine rings is 1. The van der Waals surface area contributed by atoms with Gasteiger partial charge in [-0.1, -0.05) is 11.3 Å². The van der Waals surface area contributed by atoms with Gasteiger partial charge in [-0.25, -0.2) is 9.37 Å². The molecule has 0 aliphatic carbocycles. The van der Waals surface area contributed by atoms with Crippen LogP contribution in [0.3, 0.4) is 0 Å². The second-order valence-corrected chi connectivity index (χ2v) is 9.87. The third-order valence-corrected chi connectivity index (χ3v) is 7.43. The molecule has 2 aliphatic heterocycles. The van der Waals surface area contributed by atoms with Crippen LogP contribution in [0.25, 0.3) is 10.2 Å². The van der Waals surface area contributed by atoms with Gasteiger partial charge in [0.1, 0.15) is 29.7 Å². The Morgan fingerprint density at radius 3 is 2.56 bits per heavy atom. The summed E-state index contributed by atoms with van der Waals surface area (Å²) >= 11 is 1.32. The Morgan fingerprint density at radius 1 is 1.12 bits per heavy atom. The van der Waals surface area contributed by atoms with Crippen LogP contribution in [0.1, 0.15) is 39.0 Å². The van der Waals surface area contributed by atoms with Gasteiger partial charge >= 0.3 is 0 Å². The molecule has 3 aromatic rings. The van der Waals surface area contributed by atoms with Gasteiger partial charge in [0.05, 0.1) is 10.2 Å². The van der Waals surface area contributed by atoms with E-state index in [-0.39, 0.29) is 5.82 Å². The summed E-state index contributed by atoms with van der Waals surface area (Å²) in [5.41, 5.74) is 0.727. The lowest BCUT2D eigenvalue weighted by Gasteiger charge is -2.38. The van der Waals surface area contributed by atoms with Gasteiger partial charge in [0.25, 0.3) is 5.19 Å². The lowest BCUT2D eigenvalue weighted by atomic mass is 9.87. The number of Topliss-reactive ketones (excluding diaryl/α,β-unsaturated/α-hetero) is 1. The maximum absolute atomic E-state index is 13.4. The van der Waals surface area contributed by atoms with Gasteiger partial charge in [-0.05, 0) is 81.0 Å². The van der Waals surface area contributed by atoms with E-state index < -0.39 is 0 Å². The van der Waals surface area contributed by atoms with Crippen LogP contribution in [0.4, 0.5) is 4.39 Å². The van der Waals surface area contributed by atoms with Crippen LogP contribution in [0.5, 0.6) is 16.7 Å². The fourth-order valence-electron chi connectivity index (χ4n) is 5.22. The Balaban J connectivity index is 1.12. The molecule has 2 saturated heterocycles. The maximum atomic E-state index is 13.4. The van der Waals surface area contributed by atoms with Crippen LogP contribution < -0.4 is 9.47 Å². The Morgan fingerprint density at radius 2 is 1.84 bits per heavy atom. The number of nitrogens with zero attached hydrogens (tertiary/aromatic N) is 2. The van der Waals surface area contributed by atoms with Gasteiger partial charge in [-0.15, -0.1) is 0 Å². The number of benzene rings is 2. The highest BCUT2D eigenvalue weighted by atomic mass is 32.1. The van der Waals surface area contributed by atoms with E-state index in [0.717, 1.165) is 41.8 Å². The molecular formula is C25H27FN2O3S. The number of halogens is 1. The van der Waals surface area contributed by atoms with Crippen LogP contribution in [-0.4, -0.2) is 40.9 Å². The number of hydrogen-bond donors (Lipinski definition) is 0. The topological polar surface area (TPSA) is 51.7 Å². The maximum Gasteiger partial charge on any atom is 0.279 e. The summed E-state index contributed by atoms with van der Waals surface area (Å²) in [6.45, 7) is 3.27. The number of carbonyl (C=O) groups excluding carboxylic acids is 1. The molecule has 3 heterocycles. The minimum absolute atomic E-state index is 0.275. The third-order valence-electron chi connectivity index (χ3n) is 6.54. The van der Waals surface area contributed by atoms with E-state index in [1.54, 1.807) is 13.0 Å². The van der Waals surface area contributed by atoms with Crippen molar-refractivity contribution in [2.45, 2.75) is 51.1 Å². The van der Waals surface area contributed by atoms with Crippen molar-refractivity contribution < 1.29 is 18.7 Å². The number of ether oxygens (including phenoxy) is 2. The molecule has 1 unspecified atom stereocenters. The van der Waals surface area contributed by atoms with Gasteiger partial charge in [-0.3, -0.25) is 4.90 Å². The summed E-state index contributed by atoms with van der Waals surface area (Å²) in [6, 6.07) is 13.2. The van der Waals surface area contributed by atoms with Crippen LogP contribution in [-0.2, 0) is 4.79 Å². The Bertz CT molecular complexity index is 1090. The summed E-state index contributed by atoms with van der Waals surface area (Å²) in [5.74, 6) is 2.08. The fraction of sp³-hybridized carbons (Fsp3) is 0.440. The average molecular weight is 455 g/mol. The molecule has 0 saturated carbocycles. The zero-order valence-electron chi connectivity index (χ0n) is 18.1. The highest BCUT2D eigenvalue weighted by Gasteiger charge is 2.40. The summed E-state index contributed by atoms with van der Waals surface area (Å²) < 4.78 is 25.9. The number of thiazole rings is 1. The minimum atomic E-state index is -0.275. The molecule has 0 radical (unpaired) electrons. The number of hydrogen-bond acceptors (Lipinski definition) is 6. The van der Waals surface area contributed by atoms with Crippen LogP contribution in [0.15, 0.2) is 42.5 Å². The summed E-state index contributed by atoms with van der Waals surface area (Å²) in [6.07, 6.45) is 5.49. The number of ketones is 1. The molecule has 168 valence electrons. The molecule has 2 bridgehead atoms. The molecule has 5 rings (SSSR count). The molecule has 5 nitrogen and oxygen atoms in total. The molecule has 2 aliphatic rings. The summed E-state index contributed by atoms with van der Waals surface area (Å²) in [4.78, 5) is 18.5. The highest BCUT2D eigenvalue weighted by molar-refractivity contribution is 7.20. The van der Waals surface area contributed by atoms with E-state index in [1.807, 2.05) is 24.3 Å². The van der Waals surface area contributed by atoms with E-state index in [9.17, 15) is 9.18 Å². The van der Waals surface area contributed by atoms with E-state index in [0.29, 0.717) is 41.3 Å². The first-order valence-corrected chi connectivity index (χ1v) is 12.1. The second-order valence-electron chi connectivity index (χ2n) is 8.88. The monoisotopic (exact) mass is 454 g/mol. The van der Waals surface area contributed by atoms with Crippen molar-refractivity contribution in [1.82, 2.24) is 9.88 Å². The average Bonchev–Trinajstić information content (AvgIpc) is 3.25. The predicted molar refractivity (Wildman–Crippen MR) is 123 cm³/mol. The number of aromatic nitrogens is 1. The van der Waals surface area contributed by atoms with E-state index in [4.69, 9.17) is 9.47 Å². The molecule has 0 N–H and O–H groups in total. The quantitative estimate of drug-likeness (QED) is 0.429. The predicted octanol–water partition coefficient (Wildman–Crippen LogP) is 5.83. The number of fused-ring (bicyclic) bond motifs is 3. The molecule has 0 amide bonds. The third kappa shape index (κ3) is 4.79. The molecule has 3 atom stereocenters. The van der Waals surface area contributed by atoms with E-state index in [1.165, 1.54) is 36.3 Å². The van der Waals surface area contributed by atoms with Crippen molar-refractivity contribution in [3.8, 4) is 16.7 Å². The Hall–Kier alpha value is -2.51. The van der Waals surface area contributed by atoms with Crippen molar-refractivity contribution in [3.63, 3.8) is 0 Å². The first kappa shape index (κ1) is 21.3. The van der Waals surface area contributed by atoms with Gasteiger partial charge in [0, 0.05) is 25.0 Å². The number of rotatable bonds is 8. The first-order valence-electron chi connectivity index (χ1n) is 11.3. The smallest absolute Gasteiger partial charge is 0.279 e. The Kier molecular flexibility index (Phi) is 6.11. The SMILES string of the molecule is CC(=O)CC1C[C@H]2CC[C@@H](C1)N2CCOc1ccc(Oc2nc3ccc(F)cc3s2)cc1. The molecular weight excluding hydrogens is 427 g/mol. The molecule has 7 heteroatoms. The van der Waals surface area contributed by atoms with Crippen molar-refractivity contribution in [3.05, 3.63) is 48.3 Å².